The number of rotatable bonds is 0. The Hall–Kier alpha value is -2.74. The lowest BCUT2D eigenvalue weighted by atomic mass is 10.1. The molecular weight excluding hydrogens is 388 g/mol. The van der Waals surface area contributed by atoms with Crippen LogP contribution in [0, 0.1) is 27.7 Å². The maximum atomic E-state index is 4.34. The van der Waals surface area contributed by atoms with Crippen molar-refractivity contribution in [3.63, 3.8) is 0 Å². The molecule has 2 heteroatoms. The van der Waals surface area contributed by atoms with Gasteiger partial charge in [0.15, 0.2) is 0 Å². The fraction of sp³-hybridized carbons (Fsp3) is 0.400. The van der Waals surface area contributed by atoms with Crippen molar-refractivity contribution in [3.8, 4) is 0 Å². The third kappa shape index (κ3) is 9.18. The first kappa shape index (κ1) is 31.4. The minimum Gasteiger partial charge on any atom is -0.256 e. The smallest absolute Gasteiger partial charge is 0.0733 e. The van der Waals surface area contributed by atoms with Crippen molar-refractivity contribution in [1.29, 1.82) is 0 Å². The van der Waals surface area contributed by atoms with Crippen LogP contribution in [0.5, 0.6) is 0 Å². The number of aryl methyl sites for hydroxylation is 4. The van der Waals surface area contributed by atoms with E-state index in [4.69, 9.17) is 0 Å². The Balaban J connectivity index is 0. The lowest BCUT2D eigenvalue weighted by molar-refractivity contribution is 1.35. The first-order valence-electron chi connectivity index (χ1n) is 12.2. The van der Waals surface area contributed by atoms with E-state index in [0.29, 0.717) is 0 Å². The molecule has 4 rings (SSSR count). The molecule has 0 aliphatic rings. The Morgan fingerprint density at radius 1 is 0.406 bits per heavy atom. The zero-order valence-corrected chi connectivity index (χ0v) is 22.7. The van der Waals surface area contributed by atoms with Crippen LogP contribution >= 0.6 is 0 Å². The van der Waals surface area contributed by atoms with Gasteiger partial charge in [-0.1, -0.05) is 91.8 Å². The van der Waals surface area contributed by atoms with E-state index in [1.54, 1.807) is 0 Å². The van der Waals surface area contributed by atoms with Crippen LogP contribution in [0.25, 0.3) is 21.8 Å². The molecule has 176 valence electrons. The summed E-state index contributed by atoms with van der Waals surface area (Å²) in [5.74, 6) is 0. The Morgan fingerprint density at radius 3 is 0.969 bits per heavy atom. The quantitative estimate of drug-likeness (QED) is 0.275. The number of hydrogen-bond acceptors (Lipinski definition) is 2. The molecule has 4 aromatic rings. The van der Waals surface area contributed by atoms with Gasteiger partial charge in [0.05, 0.1) is 11.0 Å². The van der Waals surface area contributed by atoms with Gasteiger partial charge in [-0.2, -0.15) is 0 Å². The fourth-order valence-corrected chi connectivity index (χ4v) is 2.91. The van der Waals surface area contributed by atoms with E-state index < -0.39 is 0 Å². The molecule has 0 N–H and O–H groups in total. The van der Waals surface area contributed by atoms with Crippen LogP contribution in [0.2, 0.25) is 0 Å². The van der Waals surface area contributed by atoms with Crippen LogP contribution < -0.4 is 0 Å². The van der Waals surface area contributed by atoms with Gasteiger partial charge in [0.2, 0.25) is 0 Å². The maximum Gasteiger partial charge on any atom is 0.0733 e. The van der Waals surface area contributed by atoms with Crippen molar-refractivity contribution in [2.45, 2.75) is 83.1 Å². The normalized spacial score (nSPS) is 8.62. The molecule has 0 radical (unpaired) electrons. The molecule has 0 saturated heterocycles. The summed E-state index contributed by atoms with van der Waals surface area (Å²) < 4.78 is 0. The summed E-state index contributed by atoms with van der Waals surface area (Å²) >= 11 is 0. The molecule has 0 fully saturated rings. The molecule has 0 aliphatic heterocycles. The van der Waals surface area contributed by atoms with Crippen LogP contribution in [0.4, 0.5) is 0 Å². The molecule has 0 spiro atoms. The zero-order valence-electron chi connectivity index (χ0n) is 22.7. The third-order valence-electron chi connectivity index (χ3n) is 4.38. The van der Waals surface area contributed by atoms with Crippen LogP contribution in [0.1, 0.15) is 77.6 Å². The van der Waals surface area contributed by atoms with Crippen LogP contribution in [0.15, 0.2) is 60.9 Å². The van der Waals surface area contributed by atoms with Crippen molar-refractivity contribution in [2.24, 2.45) is 0 Å². The Bertz CT molecular complexity index is 840. The summed E-state index contributed by atoms with van der Waals surface area (Å²) in [5, 5.41) is 2.52. The van der Waals surface area contributed by atoms with Gasteiger partial charge in [-0.3, -0.25) is 9.97 Å². The Kier molecular flexibility index (Phi) is 18.7. The number of fused-ring (bicyclic) bond motifs is 2. The topological polar surface area (TPSA) is 25.8 Å². The highest BCUT2D eigenvalue weighted by atomic mass is 14.7. The number of benzene rings is 2. The highest BCUT2D eigenvalue weighted by Crippen LogP contribution is 2.19. The average Bonchev–Trinajstić information content (AvgIpc) is 2.89. The minimum atomic E-state index is 1.12. The third-order valence-corrected chi connectivity index (χ3v) is 4.38. The van der Waals surface area contributed by atoms with Gasteiger partial charge in [0.25, 0.3) is 0 Å². The summed E-state index contributed by atoms with van der Waals surface area (Å²) in [4.78, 5) is 8.68. The molecule has 2 aromatic carbocycles. The van der Waals surface area contributed by atoms with Crippen LogP contribution in [0.3, 0.4) is 0 Å². The van der Waals surface area contributed by atoms with Crippen molar-refractivity contribution < 1.29 is 0 Å². The van der Waals surface area contributed by atoms with Crippen molar-refractivity contribution >= 4 is 21.8 Å². The van der Waals surface area contributed by atoms with Crippen molar-refractivity contribution in [2.75, 3.05) is 0 Å². The molecule has 2 heterocycles. The average molecular weight is 435 g/mol. The first-order valence-corrected chi connectivity index (χ1v) is 12.2. The summed E-state index contributed by atoms with van der Waals surface area (Å²) in [5.41, 5.74) is 7.33. The summed E-state index contributed by atoms with van der Waals surface area (Å²) in [6.07, 6.45) is 3.68. The summed E-state index contributed by atoms with van der Waals surface area (Å²) in [6.45, 7) is 24.4. The van der Waals surface area contributed by atoms with E-state index in [2.05, 4.69) is 74.1 Å². The van der Waals surface area contributed by atoms with Gasteiger partial charge in [-0.15, -0.1) is 0 Å². The van der Waals surface area contributed by atoms with E-state index in [1.165, 1.54) is 33.0 Å². The maximum absolute atomic E-state index is 4.34. The molecule has 0 bridgehead atoms. The van der Waals surface area contributed by atoms with E-state index in [-0.39, 0.29) is 0 Å². The second-order valence-electron chi connectivity index (χ2n) is 6.20. The molecule has 0 amide bonds. The standard InChI is InChI=1S/2C11H11N.4C2H6/c2*1-8-5-6-9(2)11-10(8)4-3-7-12-11;4*1-2/h2*3-7H,1-2H3;4*1-2H3. The monoisotopic (exact) mass is 434 g/mol. The fourth-order valence-electron chi connectivity index (χ4n) is 2.91. The second kappa shape index (κ2) is 19.0. The van der Waals surface area contributed by atoms with Gasteiger partial charge in [-0.25, -0.2) is 0 Å². The minimum absolute atomic E-state index is 1.12. The van der Waals surface area contributed by atoms with Crippen molar-refractivity contribution in [1.82, 2.24) is 9.97 Å². The predicted octanol–water partition coefficient (Wildman–Crippen LogP) is 9.81. The Morgan fingerprint density at radius 2 is 0.688 bits per heavy atom. The largest absolute Gasteiger partial charge is 0.256 e. The predicted molar refractivity (Wildman–Crippen MR) is 148 cm³/mol. The molecular formula is C30H46N2. The van der Waals surface area contributed by atoms with Crippen LogP contribution in [-0.2, 0) is 0 Å². The van der Waals surface area contributed by atoms with E-state index in [0.717, 1.165) is 11.0 Å². The lowest BCUT2D eigenvalue weighted by Gasteiger charge is -2.02. The molecule has 0 atom stereocenters. The molecule has 32 heavy (non-hydrogen) atoms. The van der Waals surface area contributed by atoms with Crippen LogP contribution in [-0.4, -0.2) is 9.97 Å². The second-order valence-corrected chi connectivity index (χ2v) is 6.20. The lowest BCUT2D eigenvalue weighted by Crippen LogP contribution is -1.84. The number of hydrogen-bond donors (Lipinski definition) is 0. The van der Waals surface area contributed by atoms with Crippen molar-refractivity contribution in [3.05, 3.63) is 83.2 Å². The van der Waals surface area contributed by atoms with E-state index in [1.807, 2.05) is 79.9 Å². The van der Waals surface area contributed by atoms with E-state index >= 15 is 0 Å². The zero-order chi connectivity index (χ0) is 25.1. The molecule has 2 nitrogen and oxygen atoms in total. The number of nitrogens with zero attached hydrogens (tertiary/aromatic N) is 2. The number of pyridine rings is 2. The van der Waals surface area contributed by atoms with Gasteiger partial charge in [0, 0.05) is 23.2 Å². The number of aromatic nitrogens is 2. The summed E-state index contributed by atoms with van der Waals surface area (Å²) in [6, 6.07) is 16.7. The molecule has 2 aromatic heterocycles. The van der Waals surface area contributed by atoms with Gasteiger partial charge < -0.3 is 0 Å². The highest BCUT2D eigenvalue weighted by Gasteiger charge is 1.99. The first-order chi connectivity index (χ1) is 15.6. The summed E-state index contributed by atoms with van der Waals surface area (Å²) in [7, 11) is 0. The van der Waals surface area contributed by atoms with E-state index in [9.17, 15) is 0 Å². The van der Waals surface area contributed by atoms with Gasteiger partial charge >= 0.3 is 0 Å². The molecule has 0 unspecified atom stereocenters. The molecule has 0 saturated carbocycles. The van der Waals surface area contributed by atoms with Gasteiger partial charge in [0.1, 0.15) is 0 Å². The SMILES string of the molecule is CC.CC.CC.CC.Cc1ccc(C)c2ncccc12.Cc1ccc(C)c2ncccc12. The highest BCUT2D eigenvalue weighted by molar-refractivity contribution is 5.85. The van der Waals surface area contributed by atoms with Gasteiger partial charge in [-0.05, 0) is 62.1 Å². The Labute approximate surface area is 198 Å². The molecule has 0 aliphatic carbocycles.